The van der Waals surface area contributed by atoms with Crippen LogP contribution in [0.25, 0.3) is 11.3 Å². The Morgan fingerprint density at radius 3 is 2.59 bits per heavy atom. The Balaban J connectivity index is 1.47. The van der Waals surface area contributed by atoms with Gasteiger partial charge in [-0.1, -0.05) is 26.0 Å². The third kappa shape index (κ3) is 4.24. The normalized spacial score (nSPS) is 21.4. The van der Waals surface area contributed by atoms with Gasteiger partial charge in [-0.3, -0.25) is 14.8 Å². The molecule has 1 amide bonds. The van der Waals surface area contributed by atoms with Crippen molar-refractivity contribution in [2.24, 2.45) is 11.8 Å². The Kier molecular flexibility index (Phi) is 5.30. The van der Waals surface area contributed by atoms with Gasteiger partial charge in [-0.15, -0.1) is 0 Å². The predicted molar refractivity (Wildman–Crippen MR) is 107 cm³/mol. The third-order valence-electron chi connectivity index (χ3n) is 5.94. The number of H-pyrrole nitrogens is 1. The predicted octanol–water partition coefficient (Wildman–Crippen LogP) is 3.66. The van der Waals surface area contributed by atoms with Crippen molar-refractivity contribution in [3.63, 3.8) is 0 Å². The minimum atomic E-state index is 0.157. The van der Waals surface area contributed by atoms with Crippen molar-refractivity contribution in [1.29, 1.82) is 0 Å². The van der Waals surface area contributed by atoms with Crippen molar-refractivity contribution in [2.75, 3.05) is 26.2 Å². The van der Waals surface area contributed by atoms with Gasteiger partial charge in [-0.05, 0) is 54.9 Å². The fraction of sp³-hybridized carbons (Fsp3) is 0.545. The molecule has 144 valence electrons. The standard InChI is InChI=1S/C22H30N4O/c1-16(2)21-15-26(13-3-12-25(21)14-17-4-5-17)22(27)19-8-6-18(7-9-19)20-10-11-23-24-20/h6-11,16-17,21H,3-5,12-15H2,1-2H3,(H,23,24). The van der Waals surface area contributed by atoms with Gasteiger partial charge in [0, 0.05) is 44.0 Å². The van der Waals surface area contributed by atoms with Crippen LogP contribution in [0.4, 0.5) is 0 Å². The summed E-state index contributed by atoms with van der Waals surface area (Å²) in [4.78, 5) is 17.9. The number of nitrogens with zero attached hydrogens (tertiary/aromatic N) is 3. The highest BCUT2D eigenvalue weighted by molar-refractivity contribution is 5.94. The van der Waals surface area contributed by atoms with Crippen LogP contribution in [-0.2, 0) is 0 Å². The zero-order valence-electron chi connectivity index (χ0n) is 16.4. The first-order chi connectivity index (χ1) is 13.1. The lowest BCUT2D eigenvalue weighted by Crippen LogP contribution is -2.46. The molecule has 1 saturated carbocycles. The average molecular weight is 367 g/mol. The maximum atomic E-state index is 13.1. The van der Waals surface area contributed by atoms with E-state index in [2.05, 4.69) is 33.8 Å². The van der Waals surface area contributed by atoms with Gasteiger partial charge in [0.05, 0.1) is 5.69 Å². The molecule has 2 aliphatic rings. The van der Waals surface area contributed by atoms with Crippen LogP contribution in [0.15, 0.2) is 36.5 Å². The van der Waals surface area contributed by atoms with E-state index in [1.165, 1.54) is 19.4 Å². The fourth-order valence-electron chi connectivity index (χ4n) is 4.13. The number of nitrogens with one attached hydrogen (secondary N) is 1. The van der Waals surface area contributed by atoms with Crippen LogP contribution >= 0.6 is 0 Å². The summed E-state index contributed by atoms with van der Waals surface area (Å²) < 4.78 is 0. The zero-order valence-corrected chi connectivity index (χ0v) is 16.4. The number of carbonyl (C=O) groups excluding carboxylic acids is 1. The molecule has 5 heteroatoms. The molecule has 1 N–H and O–H groups in total. The molecule has 1 aliphatic heterocycles. The summed E-state index contributed by atoms with van der Waals surface area (Å²) in [5.74, 6) is 1.61. The molecule has 1 atom stereocenters. The molecule has 1 aromatic heterocycles. The van der Waals surface area contributed by atoms with Crippen molar-refractivity contribution in [2.45, 2.75) is 39.2 Å². The van der Waals surface area contributed by atoms with E-state index in [0.717, 1.165) is 48.8 Å². The molecule has 2 heterocycles. The van der Waals surface area contributed by atoms with Gasteiger partial charge in [-0.25, -0.2) is 0 Å². The SMILES string of the molecule is CC(C)C1CN(C(=O)c2ccc(-c3ccn[nH]3)cc2)CCCN1CC1CC1. The van der Waals surface area contributed by atoms with Crippen molar-refractivity contribution >= 4 is 5.91 Å². The molecular formula is C22H30N4O. The molecule has 5 nitrogen and oxygen atoms in total. The van der Waals surface area contributed by atoms with E-state index < -0.39 is 0 Å². The van der Waals surface area contributed by atoms with E-state index in [4.69, 9.17) is 0 Å². The summed E-state index contributed by atoms with van der Waals surface area (Å²) in [7, 11) is 0. The Morgan fingerprint density at radius 2 is 1.96 bits per heavy atom. The summed E-state index contributed by atoms with van der Waals surface area (Å²) in [5.41, 5.74) is 2.80. The summed E-state index contributed by atoms with van der Waals surface area (Å²) in [5, 5.41) is 6.96. The average Bonchev–Trinajstić information content (AvgIpc) is 3.38. The smallest absolute Gasteiger partial charge is 0.253 e. The molecule has 4 rings (SSSR count). The number of hydrogen-bond donors (Lipinski definition) is 1. The molecule has 1 unspecified atom stereocenters. The van der Waals surface area contributed by atoms with Crippen LogP contribution in [0.3, 0.4) is 0 Å². The highest BCUT2D eigenvalue weighted by Gasteiger charge is 2.33. The second-order valence-electron chi connectivity index (χ2n) is 8.40. The Hall–Kier alpha value is -2.14. The van der Waals surface area contributed by atoms with Gasteiger partial charge in [-0.2, -0.15) is 5.10 Å². The molecule has 1 saturated heterocycles. The van der Waals surface area contributed by atoms with Crippen LogP contribution in [0.1, 0.15) is 43.5 Å². The number of hydrogen-bond acceptors (Lipinski definition) is 3. The molecule has 0 spiro atoms. The molecule has 1 aromatic carbocycles. The summed E-state index contributed by atoms with van der Waals surface area (Å²) >= 11 is 0. The Labute approximate surface area is 161 Å². The molecule has 2 fully saturated rings. The van der Waals surface area contributed by atoms with Gasteiger partial charge < -0.3 is 4.90 Å². The fourth-order valence-corrected chi connectivity index (χ4v) is 4.13. The van der Waals surface area contributed by atoms with Crippen LogP contribution in [0, 0.1) is 11.8 Å². The third-order valence-corrected chi connectivity index (χ3v) is 5.94. The molecule has 1 aliphatic carbocycles. The van der Waals surface area contributed by atoms with Crippen LogP contribution < -0.4 is 0 Å². The van der Waals surface area contributed by atoms with Gasteiger partial charge in [0.1, 0.15) is 0 Å². The number of aromatic nitrogens is 2. The van der Waals surface area contributed by atoms with Gasteiger partial charge in [0.15, 0.2) is 0 Å². The number of amides is 1. The maximum absolute atomic E-state index is 13.1. The van der Waals surface area contributed by atoms with Crippen molar-refractivity contribution in [3.8, 4) is 11.3 Å². The van der Waals surface area contributed by atoms with Gasteiger partial charge in [0.25, 0.3) is 5.91 Å². The molecular weight excluding hydrogens is 336 g/mol. The second kappa shape index (κ2) is 7.85. The first kappa shape index (κ1) is 18.2. The molecule has 27 heavy (non-hydrogen) atoms. The summed E-state index contributed by atoms with van der Waals surface area (Å²) in [6, 6.07) is 10.3. The van der Waals surface area contributed by atoms with Crippen molar-refractivity contribution in [3.05, 3.63) is 42.1 Å². The molecule has 0 bridgehead atoms. The van der Waals surface area contributed by atoms with Crippen molar-refractivity contribution < 1.29 is 4.79 Å². The largest absolute Gasteiger partial charge is 0.337 e. The first-order valence-corrected chi connectivity index (χ1v) is 10.2. The number of aromatic amines is 1. The minimum Gasteiger partial charge on any atom is -0.337 e. The van der Waals surface area contributed by atoms with Crippen LogP contribution in [0.2, 0.25) is 0 Å². The lowest BCUT2D eigenvalue weighted by molar-refractivity contribution is 0.0704. The first-order valence-electron chi connectivity index (χ1n) is 10.2. The maximum Gasteiger partial charge on any atom is 0.253 e. The highest BCUT2D eigenvalue weighted by Crippen LogP contribution is 2.32. The highest BCUT2D eigenvalue weighted by atomic mass is 16.2. The minimum absolute atomic E-state index is 0.157. The lowest BCUT2D eigenvalue weighted by Gasteiger charge is -2.34. The molecule has 2 aromatic rings. The number of rotatable bonds is 5. The van der Waals surface area contributed by atoms with E-state index in [0.29, 0.717) is 12.0 Å². The number of carbonyl (C=O) groups is 1. The summed E-state index contributed by atoms with van der Waals surface area (Å²) in [6.07, 6.45) is 5.57. The van der Waals surface area contributed by atoms with E-state index >= 15 is 0 Å². The van der Waals surface area contributed by atoms with E-state index in [1.54, 1.807) is 6.20 Å². The topological polar surface area (TPSA) is 52.2 Å². The van der Waals surface area contributed by atoms with E-state index in [-0.39, 0.29) is 5.91 Å². The van der Waals surface area contributed by atoms with E-state index in [1.807, 2.05) is 30.3 Å². The quantitative estimate of drug-likeness (QED) is 0.879. The van der Waals surface area contributed by atoms with E-state index in [9.17, 15) is 4.79 Å². The summed E-state index contributed by atoms with van der Waals surface area (Å²) in [6.45, 7) is 8.60. The number of benzene rings is 1. The molecule has 0 radical (unpaired) electrons. The Bertz CT molecular complexity index is 749. The van der Waals surface area contributed by atoms with Crippen LogP contribution in [-0.4, -0.2) is 58.1 Å². The van der Waals surface area contributed by atoms with Gasteiger partial charge in [0.2, 0.25) is 0 Å². The lowest BCUT2D eigenvalue weighted by atomic mass is 10.0. The Morgan fingerprint density at radius 1 is 1.19 bits per heavy atom. The monoisotopic (exact) mass is 366 g/mol. The van der Waals surface area contributed by atoms with Crippen molar-refractivity contribution in [1.82, 2.24) is 20.0 Å². The zero-order chi connectivity index (χ0) is 18.8. The van der Waals surface area contributed by atoms with Crippen LogP contribution in [0.5, 0.6) is 0 Å². The van der Waals surface area contributed by atoms with Gasteiger partial charge >= 0.3 is 0 Å². The second-order valence-corrected chi connectivity index (χ2v) is 8.40.